The number of fused-ring (bicyclic) bond motifs is 1. The van der Waals surface area contributed by atoms with E-state index in [1.54, 1.807) is 0 Å². The van der Waals surface area contributed by atoms with Crippen LogP contribution in [0.4, 0.5) is 14.5 Å². The van der Waals surface area contributed by atoms with Crippen LogP contribution in [0.25, 0.3) is 0 Å². The fraction of sp³-hybridized carbons (Fsp3) is 0.455. The lowest BCUT2D eigenvalue weighted by Gasteiger charge is -2.37. The van der Waals surface area contributed by atoms with E-state index in [4.69, 9.17) is 0 Å². The minimum absolute atomic E-state index is 0.318. The third-order valence-corrected chi connectivity index (χ3v) is 7.65. The Morgan fingerprint density at radius 3 is 2.33 bits per heavy atom. The molecule has 1 fully saturated rings. The van der Waals surface area contributed by atoms with Crippen LogP contribution >= 0.6 is 0 Å². The molecule has 8 heteroatoms. The second-order valence-corrected chi connectivity index (χ2v) is 10.0. The zero-order chi connectivity index (χ0) is 21.5. The van der Waals surface area contributed by atoms with Crippen molar-refractivity contribution >= 4 is 15.7 Å². The minimum Gasteiger partial charge on any atom is -0.369 e. The van der Waals surface area contributed by atoms with Crippen molar-refractivity contribution in [1.29, 1.82) is 0 Å². The Balaban J connectivity index is 1.59. The standard InChI is InChI=1S/C22H27F2N3O2S/c1-15-3-6-22(27-9-7-26(2)8-10-27)21-14-18(4-5-20(15)21)25-30(28,29)19-12-16(23)11-17(24)13-19/h3,6,11-13,18,25H,4-5,7-10,14H2,1-2H3/t18-/m1/s1. The monoisotopic (exact) mass is 435 g/mol. The largest absolute Gasteiger partial charge is 0.369 e. The molecule has 2 aliphatic rings. The van der Waals surface area contributed by atoms with Crippen molar-refractivity contribution in [1.82, 2.24) is 9.62 Å². The van der Waals surface area contributed by atoms with Crippen LogP contribution in [0.2, 0.25) is 0 Å². The maximum absolute atomic E-state index is 13.5. The van der Waals surface area contributed by atoms with Gasteiger partial charge in [0.1, 0.15) is 11.6 Å². The molecule has 0 aromatic heterocycles. The molecule has 1 atom stereocenters. The topological polar surface area (TPSA) is 52.6 Å². The van der Waals surface area contributed by atoms with E-state index < -0.39 is 21.7 Å². The van der Waals surface area contributed by atoms with E-state index in [1.807, 2.05) is 0 Å². The second-order valence-electron chi connectivity index (χ2n) is 8.32. The number of halogens is 2. The molecule has 4 rings (SSSR count). The minimum atomic E-state index is -4.01. The van der Waals surface area contributed by atoms with E-state index in [0.717, 1.165) is 44.7 Å². The summed E-state index contributed by atoms with van der Waals surface area (Å²) in [4.78, 5) is 4.29. The number of nitrogens with zero attached hydrogens (tertiary/aromatic N) is 2. The fourth-order valence-corrected chi connectivity index (χ4v) is 5.77. The Hall–Kier alpha value is -2.03. The van der Waals surface area contributed by atoms with E-state index in [1.165, 1.54) is 22.4 Å². The summed E-state index contributed by atoms with van der Waals surface area (Å²) < 4.78 is 55.2. The van der Waals surface area contributed by atoms with E-state index in [-0.39, 0.29) is 10.9 Å². The van der Waals surface area contributed by atoms with Crippen LogP contribution in [0, 0.1) is 18.6 Å². The number of hydrogen-bond acceptors (Lipinski definition) is 4. The molecule has 0 bridgehead atoms. The highest BCUT2D eigenvalue weighted by atomic mass is 32.2. The van der Waals surface area contributed by atoms with Crippen LogP contribution < -0.4 is 9.62 Å². The molecule has 0 unspecified atom stereocenters. The zero-order valence-electron chi connectivity index (χ0n) is 17.3. The van der Waals surface area contributed by atoms with Crippen LogP contribution in [-0.2, 0) is 22.9 Å². The highest BCUT2D eigenvalue weighted by Gasteiger charge is 2.29. The third kappa shape index (κ3) is 4.36. The summed E-state index contributed by atoms with van der Waals surface area (Å²) >= 11 is 0. The predicted octanol–water partition coefficient (Wildman–Crippen LogP) is 2.86. The van der Waals surface area contributed by atoms with Gasteiger partial charge in [0.25, 0.3) is 0 Å². The van der Waals surface area contributed by atoms with Crippen LogP contribution in [-0.4, -0.2) is 52.6 Å². The summed E-state index contributed by atoms with van der Waals surface area (Å²) in [6, 6.07) is 6.33. The molecule has 0 amide bonds. The first-order chi connectivity index (χ1) is 14.2. The number of hydrogen-bond donors (Lipinski definition) is 1. The molecule has 1 heterocycles. The number of likely N-dealkylation sites (N-methyl/N-ethyl adjacent to an activating group) is 1. The Labute approximate surface area is 176 Å². The molecule has 1 saturated heterocycles. The fourth-order valence-electron chi connectivity index (χ4n) is 4.46. The van der Waals surface area contributed by atoms with Crippen LogP contribution in [0.5, 0.6) is 0 Å². The molecule has 1 aliphatic carbocycles. The highest BCUT2D eigenvalue weighted by Crippen LogP contribution is 2.34. The molecule has 5 nitrogen and oxygen atoms in total. The average Bonchev–Trinajstić information content (AvgIpc) is 2.68. The number of piperazine rings is 1. The lowest BCUT2D eigenvalue weighted by Crippen LogP contribution is -2.45. The first-order valence-corrected chi connectivity index (χ1v) is 11.7. The van der Waals surface area contributed by atoms with Gasteiger partial charge < -0.3 is 9.80 Å². The molecule has 0 radical (unpaired) electrons. The molecule has 2 aromatic carbocycles. The Bertz CT molecular complexity index is 1030. The van der Waals surface area contributed by atoms with Gasteiger partial charge in [-0.15, -0.1) is 0 Å². The van der Waals surface area contributed by atoms with Crippen molar-refractivity contribution in [3.8, 4) is 0 Å². The first-order valence-electron chi connectivity index (χ1n) is 10.3. The van der Waals surface area contributed by atoms with E-state index in [0.29, 0.717) is 18.9 Å². The zero-order valence-corrected chi connectivity index (χ0v) is 18.1. The van der Waals surface area contributed by atoms with Gasteiger partial charge in [-0.25, -0.2) is 21.9 Å². The molecule has 1 aliphatic heterocycles. The maximum Gasteiger partial charge on any atom is 0.241 e. The van der Waals surface area contributed by atoms with Gasteiger partial charge in [0.15, 0.2) is 0 Å². The molecular formula is C22H27F2N3O2S. The number of anilines is 1. The molecule has 1 N–H and O–H groups in total. The van der Waals surface area contributed by atoms with Gasteiger partial charge in [-0.1, -0.05) is 6.07 Å². The van der Waals surface area contributed by atoms with Crippen molar-refractivity contribution in [3.05, 3.63) is 58.7 Å². The number of rotatable bonds is 4. The first kappa shape index (κ1) is 21.2. The molecule has 30 heavy (non-hydrogen) atoms. The van der Waals surface area contributed by atoms with Gasteiger partial charge >= 0.3 is 0 Å². The maximum atomic E-state index is 13.5. The van der Waals surface area contributed by atoms with Gasteiger partial charge in [0, 0.05) is 44.0 Å². The SMILES string of the molecule is Cc1ccc(N2CCN(C)CC2)c2c1CC[C@@H](NS(=O)(=O)c1cc(F)cc(F)c1)C2. The van der Waals surface area contributed by atoms with Crippen LogP contribution in [0.3, 0.4) is 0 Å². The second kappa shape index (κ2) is 8.24. The predicted molar refractivity (Wildman–Crippen MR) is 113 cm³/mol. The van der Waals surface area contributed by atoms with Gasteiger partial charge in [-0.3, -0.25) is 0 Å². The summed E-state index contributed by atoms with van der Waals surface area (Å²) in [7, 11) is -1.90. The quantitative estimate of drug-likeness (QED) is 0.803. The highest BCUT2D eigenvalue weighted by molar-refractivity contribution is 7.89. The van der Waals surface area contributed by atoms with Crippen molar-refractivity contribution in [3.63, 3.8) is 0 Å². The van der Waals surface area contributed by atoms with Crippen LogP contribution in [0.1, 0.15) is 23.1 Å². The van der Waals surface area contributed by atoms with Crippen molar-refractivity contribution in [2.75, 3.05) is 38.1 Å². The number of nitrogens with one attached hydrogen (secondary N) is 1. The Morgan fingerprint density at radius 1 is 1.00 bits per heavy atom. The number of benzene rings is 2. The van der Waals surface area contributed by atoms with Crippen molar-refractivity contribution in [2.24, 2.45) is 0 Å². The van der Waals surface area contributed by atoms with Crippen LogP contribution in [0.15, 0.2) is 35.2 Å². The van der Waals surface area contributed by atoms with Gasteiger partial charge in [0.05, 0.1) is 4.90 Å². The Kier molecular flexibility index (Phi) is 5.83. The van der Waals surface area contributed by atoms with Gasteiger partial charge in [-0.2, -0.15) is 0 Å². The third-order valence-electron chi connectivity index (χ3n) is 6.15. The average molecular weight is 436 g/mol. The Morgan fingerprint density at radius 2 is 1.67 bits per heavy atom. The van der Waals surface area contributed by atoms with Gasteiger partial charge in [0.2, 0.25) is 10.0 Å². The smallest absolute Gasteiger partial charge is 0.241 e. The van der Waals surface area contributed by atoms with E-state index in [2.05, 4.69) is 40.6 Å². The normalized spacial score (nSPS) is 20.3. The molecule has 0 spiro atoms. The molecule has 162 valence electrons. The number of aryl methyl sites for hydroxylation is 1. The van der Waals surface area contributed by atoms with E-state index >= 15 is 0 Å². The summed E-state index contributed by atoms with van der Waals surface area (Å²) in [5.41, 5.74) is 4.86. The molecule has 2 aromatic rings. The summed E-state index contributed by atoms with van der Waals surface area (Å²) in [6.07, 6.45) is 1.99. The van der Waals surface area contributed by atoms with Crippen molar-refractivity contribution in [2.45, 2.75) is 37.1 Å². The lowest BCUT2D eigenvalue weighted by molar-refractivity contribution is 0.312. The summed E-state index contributed by atoms with van der Waals surface area (Å²) in [5.74, 6) is -1.81. The lowest BCUT2D eigenvalue weighted by atomic mass is 9.84. The molecular weight excluding hydrogens is 408 g/mol. The van der Waals surface area contributed by atoms with E-state index in [9.17, 15) is 17.2 Å². The van der Waals surface area contributed by atoms with Gasteiger partial charge in [-0.05, 0) is 68.1 Å². The van der Waals surface area contributed by atoms with Crippen molar-refractivity contribution < 1.29 is 17.2 Å². The molecule has 0 saturated carbocycles. The summed E-state index contributed by atoms with van der Waals surface area (Å²) in [5, 5.41) is 0. The number of sulfonamides is 1. The summed E-state index contributed by atoms with van der Waals surface area (Å²) in [6.45, 7) is 5.94.